The van der Waals surface area contributed by atoms with Crippen LogP contribution in [0.3, 0.4) is 0 Å². The normalized spacial score (nSPS) is 10.9. The maximum atomic E-state index is 12.7. The van der Waals surface area contributed by atoms with Crippen molar-refractivity contribution in [3.8, 4) is 5.75 Å². The zero-order chi connectivity index (χ0) is 21.1. The van der Waals surface area contributed by atoms with Crippen molar-refractivity contribution in [2.45, 2.75) is 10.9 Å². The molecule has 4 aromatic rings. The first kappa shape index (κ1) is 20.0. The monoisotopic (exact) mass is 417 g/mol. The molecule has 1 aromatic heterocycles. The first-order valence-electron chi connectivity index (χ1n) is 9.61. The Morgan fingerprint density at radius 2 is 1.83 bits per heavy atom. The second-order valence-corrected chi connectivity index (χ2v) is 8.11. The Hall–Kier alpha value is -3.25. The third kappa shape index (κ3) is 4.19. The molecule has 0 saturated carbocycles. The van der Waals surface area contributed by atoms with Crippen molar-refractivity contribution in [3.63, 3.8) is 0 Å². The van der Waals surface area contributed by atoms with Gasteiger partial charge in [0.25, 0.3) is 0 Å². The van der Waals surface area contributed by atoms with Gasteiger partial charge in [0.15, 0.2) is 10.9 Å². The number of ether oxygens (including phenoxy) is 1. The zero-order valence-electron chi connectivity index (χ0n) is 17.2. The predicted octanol–water partition coefficient (Wildman–Crippen LogP) is 5.16. The summed E-state index contributed by atoms with van der Waals surface area (Å²) in [7, 11) is 5.74. The van der Waals surface area contributed by atoms with Gasteiger partial charge in [-0.1, -0.05) is 42.1 Å². The van der Waals surface area contributed by atoms with E-state index in [0.717, 1.165) is 33.4 Å². The molecule has 0 saturated heterocycles. The molecule has 1 N–H and O–H groups in total. The summed E-state index contributed by atoms with van der Waals surface area (Å²) in [6, 6.07) is 21.0. The van der Waals surface area contributed by atoms with Crippen molar-refractivity contribution in [2.24, 2.45) is 0 Å². The van der Waals surface area contributed by atoms with Crippen LogP contribution in [0, 0.1) is 0 Å². The molecule has 152 valence electrons. The summed E-state index contributed by atoms with van der Waals surface area (Å²) in [5, 5.41) is 0.821. The average molecular weight is 418 g/mol. The molecule has 1 heterocycles. The van der Waals surface area contributed by atoms with Crippen molar-refractivity contribution in [3.05, 3.63) is 83.4 Å². The minimum atomic E-state index is 0.00769. The van der Waals surface area contributed by atoms with Crippen LogP contribution in [-0.2, 0) is 5.75 Å². The molecular weight excluding hydrogens is 394 g/mol. The van der Waals surface area contributed by atoms with Crippen molar-refractivity contribution in [1.82, 2.24) is 9.97 Å². The van der Waals surface area contributed by atoms with E-state index in [0.29, 0.717) is 11.1 Å². The van der Waals surface area contributed by atoms with Crippen molar-refractivity contribution in [2.75, 3.05) is 26.1 Å². The van der Waals surface area contributed by atoms with Crippen LogP contribution in [-0.4, -0.2) is 37.0 Å². The number of carbonyl (C=O) groups excluding carboxylic acids is 1. The van der Waals surface area contributed by atoms with Gasteiger partial charge in [0.2, 0.25) is 0 Å². The standard InChI is InChI=1S/C24H23N3O2S/c1-27(2)22-12-10-19(29-3)13-18(22)15-30-24-25-20-11-9-17(14-21(20)26-24)23(28)16-7-5-4-6-8-16/h4-14H,15H2,1-3H3,(H,25,26). The van der Waals surface area contributed by atoms with E-state index in [4.69, 9.17) is 4.74 Å². The Kier molecular flexibility index (Phi) is 5.77. The molecule has 0 atom stereocenters. The van der Waals surface area contributed by atoms with Gasteiger partial charge >= 0.3 is 0 Å². The lowest BCUT2D eigenvalue weighted by Crippen LogP contribution is -2.11. The first-order valence-corrected chi connectivity index (χ1v) is 10.6. The number of methoxy groups -OCH3 is 1. The van der Waals surface area contributed by atoms with E-state index in [1.165, 1.54) is 5.56 Å². The molecule has 6 heteroatoms. The number of benzene rings is 3. The predicted molar refractivity (Wildman–Crippen MR) is 123 cm³/mol. The van der Waals surface area contributed by atoms with Gasteiger partial charge in [-0.05, 0) is 42.0 Å². The maximum Gasteiger partial charge on any atom is 0.193 e. The highest BCUT2D eigenvalue weighted by atomic mass is 32.2. The number of aromatic nitrogens is 2. The Bertz CT molecular complexity index is 1190. The van der Waals surface area contributed by atoms with E-state index in [-0.39, 0.29) is 5.78 Å². The Morgan fingerprint density at radius 1 is 1.03 bits per heavy atom. The molecule has 4 rings (SSSR count). The highest BCUT2D eigenvalue weighted by Gasteiger charge is 2.12. The van der Waals surface area contributed by atoms with E-state index >= 15 is 0 Å². The maximum absolute atomic E-state index is 12.7. The van der Waals surface area contributed by atoms with E-state index in [2.05, 4.69) is 27.0 Å². The second kappa shape index (κ2) is 8.63. The Morgan fingerprint density at radius 3 is 2.57 bits per heavy atom. The number of rotatable bonds is 7. The number of imidazole rings is 1. The molecule has 0 bridgehead atoms. The number of H-pyrrole nitrogens is 1. The minimum Gasteiger partial charge on any atom is -0.497 e. The summed E-state index contributed by atoms with van der Waals surface area (Å²) in [5.74, 6) is 1.60. The van der Waals surface area contributed by atoms with Crippen LogP contribution in [0.2, 0.25) is 0 Å². The van der Waals surface area contributed by atoms with Crippen LogP contribution in [0.25, 0.3) is 11.0 Å². The number of nitrogens with zero attached hydrogens (tertiary/aromatic N) is 2. The summed E-state index contributed by atoms with van der Waals surface area (Å²) in [6.07, 6.45) is 0. The highest BCUT2D eigenvalue weighted by molar-refractivity contribution is 7.98. The van der Waals surface area contributed by atoms with Crippen molar-refractivity contribution < 1.29 is 9.53 Å². The fourth-order valence-corrected chi connectivity index (χ4v) is 4.21. The number of ketones is 1. The Labute approximate surface area is 180 Å². The fraction of sp³-hybridized carbons (Fsp3) is 0.167. The molecule has 0 aliphatic heterocycles. The highest BCUT2D eigenvalue weighted by Crippen LogP contribution is 2.31. The number of fused-ring (bicyclic) bond motifs is 1. The quantitative estimate of drug-likeness (QED) is 0.332. The lowest BCUT2D eigenvalue weighted by molar-refractivity contribution is 0.103. The van der Waals surface area contributed by atoms with Crippen LogP contribution in [0.4, 0.5) is 5.69 Å². The van der Waals surface area contributed by atoms with E-state index in [1.54, 1.807) is 18.9 Å². The number of anilines is 1. The largest absolute Gasteiger partial charge is 0.497 e. The molecule has 0 spiro atoms. The van der Waals surface area contributed by atoms with Gasteiger partial charge in [-0.15, -0.1) is 0 Å². The van der Waals surface area contributed by atoms with Crippen molar-refractivity contribution in [1.29, 1.82) is 0 Å². The number of thioether (sulfide) groups is 1. The Balaban J connectivity index is 1.56. The van der Waals surface area contributed by atoms with Crippen LogP contribution in [0.15, 0.2) is 71.9 Å². The van der Waals surface area contributed by atoms with Gasteiger partial charge in [0.1, 0.15) is 5.75 Å². The lowest BCUT2D eigenvalue weighted by Gasteiger charge is -2.18. The topological polar surface area (TPSA) is 58.2 Å². The second-order valence-electron chi connectivity index (χ2n) is 7.15. The van der Waals surface area contributed by atoms with Gasteiger partial charge in [0.05, 0.1) is 18.1 Å². The van der Waals surface area contributed by atoms with Gasteiger partial charge in [-0.2, -0.15) is 0 Å². The van der Waals surface area contributed by atoms with Crippen LogP contribution >= 0.6 is 11.8 Å². The number of hydrogen-bond acceptors (Lipinski definition) is 5. The van der Waals surface area contributed by atoms with Gasteiger partial charge in [-0.25, -0.2) is 4.98 Å². The van der Waals surface area contributed by atoms with Gasteiger partial charge in [0, 0.05) is 36.7 Å². The summed E-state index contributed by atoms with van der Waals surface area (Å²) >= 11 is 1.63. The molecule has 5 nitrogen and oxygen atoms in total. The number of carbonyl (C=O) groups is 1. The smallest absolute Gasteiger partial charge is 0.193 e. The summed E-state index contributed by atoms with van der Waals surface area (Å²) in [5.41, 5.74) is 5.36. The van der Waals surface area contributed by atoms with E-state index in [1.807, 2.05) is 68.7 Å². The fourth-order valence-electron chi connectivity index (χ4n) is 3.34. The summed E-state index contributed by atoms with van der Waals surface area (Å²) in [4.78, 5) is 22.8. The number of nitrogens with one attached hydrogen (secondary N) is 1. The molecule has 0 aliphatic carbocycles. The van der Waals surface area contributed by atoms with Crippen LogP contribution in [0.5, 0.6) is 5.75 Å². The van der Waals surface area contributed by atoms with Gasteiger partial charge < -0.3 is 14.6 Å². The number of aromatic amines is 1. The van der Waals surface area contributed by atoms with Crippen LogP contribution < -0.4 is 9.64 Å². The zero-order valence-corrected chi connectivity index (χ0v) is 18.0. The molecule has 3 aromatic carbocycles. The molecular formula is C24H23N3O2S. The molecule has 0 amide bonds. The van der Waals surface area contributed by atoms with Crippen LogP contribution in [0.1, 0.15) is 21.5 Å². The SMILES string of the molecule is COc1ccc(N(C)C)c(CSc2nc3ccc(C(=O)c4ccccc4)cc3[nH]2)c1. The summed E-state index contributed by atoms with van der Waals surface area (Å²) in [6.45, 7) is 0. The molecule has 0 fully saturated rings. The molecule has 30 heavy (non-hydrogen) atoms. The van der Waals surface area contributed by atoms with Crippen molar-refractivity contribution >= 4 is 34.3 Å². The molecule has 0 aliphatic rings. The lowest BCUT2D eigenvalue weighted by atomic mass is 10.0. The third-order valence-electron chi connectivity index (χ3n) is 4.89. The molecule has 0 radical (unpaired) electrons. The third-order valence-corrected chi connectivity index (χ3v) is 5.81. The van der Waals surface area contributed by atoms with Gasteiger partial charge in [-0.3, -0.25) is 4.79 Å². The van der Waals surface area contributed by atoms with E-state index < -0.39 is 0 Å². The van der Waals surface area contributed by atoms with E-state index in [9.17, 15) is 4.79 Å². The average Bonchev–Trinajstić information content (AvgIpc) is 3.19. The first-order chi connectivity index (χ1) is 14.5. The number of hydrogen-bond donors (Lipinski definition) is 1. The summed E-state index contributed by atoms with van der Waals surface area (Å²) < 4.78 is 5.38. The minimum absolute atomic E-state index is 0.00769. The molecule has 0 unspecified atom stereocenters.